The van der Waals surface area contributed by atoms with E-state index in [1.54, 1.807) is 18.2 Å². The fourth-order valence-corrected chi connectivity index (χ4v) is 2.10. The SMILES string of the molecule is O=C(O)c1nn(-c2cc(Cl)ccc2Cl)cc1Br. The van der Waals surface area contributed by atoms with Crippen LogP contribution in [0.5, 0.6) is 0 Å². The van der Waals surface area contributed by atoms with Gasteiger partial charge in [-0.3, -0.25) is 0 Å². The first-order valence-corrected chi connectivity index (χ1v) is 5.98. The zero-order valence-corrected chi connectivity index (χ0v) is 11.3. The smallest absolute Gasteiger partial charge is 0.357 e. The maximum Gasteiger partial charge on any atom is 0.357 e. The highest BCUT2D eigenvalue weighted by molar-refractivity contribution is 9.10. The van der Waals surface area contributed by atoms with E-state index in [2.05, 4.69) is 21.0 Å². The van der Waals surface area contributed by atoms with E-state index in [-0.39, 0.29) is 5.69 Å². The van der Waals surface area contributed by atoms with E-state index in [9.17, 15) is 4.79 Å². The lowest BCUT2D eigenvalue weighted by Crippen LogP contribution is -2.01. The van der Waals surface area contributed by atoms with Crippen LogP contribution in [0.2, 0.25) is 10.0 Å². The molecule has 1 heterocycles. The molecule has 0 bridgehead atoms. The average molecular weight is 336 g/mol. The van der Waals surface area contributed by atoms with Gasteiger partial charge in [-0.1, -0.05) is 23.2 Å². The predicted octanol–water partition coefficient (Wildman–Crippen LogP) is 3.64. The standard InChI is InChI=1S/C10H5BrCl2N2O2/c11-6-4-15(14-9(6)10(16)17)8-3-5(12)1-2-7(8)13/h1-4H,(H,16,17). The maximum atomic E-state index is 10.9. The zero-order chi connectivity index (χ0) is 12.6. The molecule has 0 aliphatic rings. The lowest BCUT2D eigenvalue weighted by Gasteiger charge is -2.04. The van der Waals surface area contributed by atoms with Crippen molar-refractivity contribution >= 4 is 45.1 Å². The van der Waals surface area contributed by atoms with Crippen LogP contribution in [0.25, 0.3) is 5.69 Å². The van der Waals surface area contributed by atoms with Gasteiger partial charge >= 0.3 is 5.97 Å². The van der Waals surface area contributed by atoms with Crippen molar-refractivity contribution in [1.82, 2.24) is 9.78 Å². The predicted molar refractivity (Wildman–Crippen MR) is 68.2 cm³/mol. The Labute approximate surface area is 115 Å². The van der Waals surface area contributed by atoms with Crippen LogP contribution in [0.3, 0.4) is 0 Å². The van der Waals surface area contributed by atoms with E-state index in [1.807, 2.05) is 0 Å². The maximum absolute atomic E-state index is 10.9. The number of halogens is 3. The number of hydrogen-bond donors (Lipinski definition) is 1. The number of rotatable bonds is 2. The molecule has 0 spiro atoms. The zero-order valence-electron chi connectivity index (χ0n) is 8.19. The largest absolute Gasteiger partial charge is 0.476 e. The molecule has 1 N–H and O–H groups in total. The summed E-state index contributed by atoms with van der Waals surface area (Å²) in [5.74, 6) is -1.12. The molecule has 0 aliphatic heterocycles. The second-order valence-electron chi connectivity index (χ2n) is 3.17. The van der Waals surface area contributed by atoms with Crippen LogP contribution in [0.1, 0.15) is 10.5 Å². The highest BCUT2D eigenvalue weighted by Gasteiger charge is 2.15. The van der Waals surface area contributed by atoms with Gasteiger partial charge in [-0.15, -0.1) is 0 Å². The number of carboxylic acids is 1. The minimum Gasteiger partial charge on any atom is -0.476 e. The van der Waals surface area contributed by atoms with Crippen LogP contribution >= 0.6 is 39.1 Å². The quantitative estimate of drug-likeness (QED) is 0.911. The first-order chi connectivity index (χ1) is 7.99. The summed E-state index contributed by atoms with van der Waals surface area (Å²) in [4.78, 5) is 10.9. The van der Waals surface area contributed by atoms with E-state index in [0.29, 0.717) is 20.2 Å². The van der Waals surface area contributed by atoms with Gasteiger partial charge in [0.1, 0.15) is 0 Å². The van der Waals surface area contributed by atoms with Crippen molar-refractivity contribution in [3.63, 3.8) is 0 Å². The van der Waals surface area contributed by atoms with E-state index in [0.717, 1.165) is 0 Å². The Morgan fingerprint density at radius 1 is 1.41 bits per heavy atom. The van der Waals surface area contributed by atoms with Crippen molar-refractivity contribution in [2.75, 3.05) is 0 Å². The summed E-state index contributed by atoms with van der Waals surface area (Å²) in [6.07, 6.45) is 1.51. The Kier molecular flexibility index (Phi) is 3.42. The molecule has 0 saturated carbocycles. The number of aromatic carboxylic acids is 1. The molecule has 0 radical (unpaired) electrons. The number of carbonyl (C=O) groups is 1. The van der Waals surface area contributed by atoms with Crippen molar-refractivity contribution in [3.05, 3.63) is 44.6 Å². The van der Waals surface area contributed by atoms with Gasteiger partial charge in [0.15, 0.2) is 5.69 Å². The summed E-state index contributed by atoms with van der Waals surface area (Å²) in [7, 11) is 0. The summed E-state index contributed by atoms with van der Waals surface area (Å²) < 4.78 is 1.74. The molecule has 4 nitrogen and oxygen atoms in total. The molecular formula is C10H5BrCl2N2O2. The molecule has 7 heteroatoms. The van der Waals surface area contributed by atoms with Crippen LogP contribution in [-0.2, 0) is 0 Å². The van der Waals surface area contributed by atoms with Crippen molar-refractivity contribution in [2.24, 2.45) is 0 Å². The van der Waals surface area contributed by atoms with Crippen molar-refractivity contribution in [2.45, 2.75) is 0 Å². The second-order valence-corrected chi connectivity index (χ2v) is 4.87. The lowest BCUT2D eigenvalue weighted by atomic mass is 10.3. The molecule has 0 atom stereocenters. The molecule has 17 heavy (non-hydrogen) atoms. The first-order valence-electron chi connectivity index (χ1n) is 4.43. The van der Waals surface area contributed by atoms with E-state index in [1.165, 1.54) is 10.9 Å². The molecule has 0 aliphatic carbocycles. The molecular weight excluding hydrogens is 331 g/mol. The van der Waals surface area contributed by atoms with Crippen LogP contribution in [0.15, 0.2) is 28.9 Å². The summed E-state index contributed by atoms with van der Waals surface area (Å²) in [6, 6.07) is 4.87. The molecule has 0 amide bonds. The minimum absolute atomic E-state index is 0.0824. The summed E-state index contributed by atoms with van der Waals surface area (Å²) >= 11 is 15.0. The molecule has 0 fully saturated rings. The normalized spacial score (nSPS) is 10.5. The number of benzene rings is 1. The van der Waals surface area contributed by atoms with Gasteiger partial charge < -0.3 is 5.11 Å². The Morgan fingerprint density at radius 3 is 2.71 bits per heavy atom. The topological polar surface area (TPSA) is 55.1 Å². The summed E-state index contributed by atoms with van der Waals surface area (Å²) in [5.41, 5.74) is 0.438. The molecule has 2 aromatic rings. The Hall–Kier alpha value is -1.04. The van der Waals surface area contributed by atoms with Gasteiger partial charge in [-0.2, -0.15) is 5.10 Å². The van der Waals surface area contributed by atoms with Crippen LogP contribution in [0, 0.1) is 0 Å². The number of carboxylic acid groups (broad SMARTS) is 1. The summed E-state index contributed by atoms with van der Waals surface area (Å²) in [6.45, 7) is 0. The average Bonchev–Trinajstić information content (AvgIpc) is 2.64. The van der Waals surface area contributed by atoms with Crippen LogP contribution in [0.4, 0.5) is 0 Å². The molecule has 1 aromatic heterocycles. The van der Waals surface area contributed by atoms with E-state index >= 15 is 0 Å². The first kappa shape index (κ1) is 12.4. The minimum atomic E-state index is -1.12. The Morgan fingerprint density at radius 2 is 2.12 bits per heavy atom. The highest BCUT2D eigenvalue weighted by Crippen LogP contribution is 2.26. The van der Waals surface area contributed by atoms with Crippen molar-refractivity contribution in [1.29, 1.82) is 0 Å². The highest BCUT2D eigenvalue weighted by atomic mass is 79.9. The molecule has 88 valence electrons. The third-order valence-corrected chi connectivity index (χ3v) is 3.16. The Balaban J connectivity index is 2.57. The number of nitrogens with zero attached hydrogens (tertiary/aromatic N) is 2. The molecule has 0 unspecified atom stereocenters. The fraction of sp³-hybridized carbons (Fsp3) is 0. The third-order valence-electron chi connectivity index (χ3n) is 2.03. The lowest BCUT2D eigenvalue weighted by molar-refractivity contribution is 0.0689. The monoisotopic (exact) mass is 334 g/mol. The van der Waals surface area contributed by atoms with Gasteiger partial charge in [-0.25, -0.2) is 9.48 Å². The Bertz CT molecular complexity index is 598. The van der Waals surface area contributed by atoms with Crippen molar-refractivity contribution < 1.29 is 9.90 Å². The van der Waals surface area contributed by atoms with Crippen LogP contribution in [-0.4, -0.2) is 20.9 Å². The molecule has 0 saturated heterocycles. The molecule has 2 rings (SSSR count). The number of hydrogen-bond acceptors (Lipinski definition) is 2. The second kappa shape index (κ2) is 4.68. The summed E-state index contributed by atoms with van der Waals surface area (Å²) in [5, 5.41) is 13.7. The van der Waals surface area contributed by atoms with Gasteiger partial charge in [0.25, 0.3) is 0 Å². The fourth-order valence-electron chi connectivity index (χ4n) is 1.28. The molecule has 1 aromatic carbocycles. The van der Waals surface area contributed by atoms with Gasteiger partial charge in [0.2, 0.25) is 0 Å². The van der Waals surface area contributed by atoms with Gasteiger partial charge in [-0.05, 0) is 34.1 Å². The van der Waals surface area contributed by atoms with Gasteiger partial charge in [0.05, 0.1) is 15.2 Å². The third kappa shape index (κ3) is 2.46. The van der Waals surface area contributed by atoms with Gasteiger partial charge in [0, 0.05) is 11.2 Å². The van der Waals surface area contributed by atoms with E-state index < -0.39 is 5.97 Å². The van der Waals surface area contributed by atoms with E-state index in [4.69, 9.17) is 28.3 Å². The van der Waals surface area contributed by atoms with Crippen LogP contribution < -0.4 is 0 Å². The van der Waals surface area contributed by atoms with Crippen molar-refractivity contribution in [3.8, 4) is 5.69 Å². The number of aromatic nitrogens is 2.